The summed E-state index contributed by atoms with van der Waals surface area (Å²) in [4.78, 5) is 16.8. The van der Waals surface area contributed by atoms with Crippen LogP contribution < -0.4 is 5.32 Å². The van der Waals surface area contributed by atoms with Crippen LogP contribution in [0.1, 0.15) is 38.2 Å². The standard InChI is InChI=1S/C24H28ClN3O2S/c1-17-14-22(18(2)28(17)16-21-4-3-13-31-21)24(29)26-15-23(27-9-11-30-12-10-27)19-5-7-20(25)8-6-19/h3-8,13-14,23H,9-12,15-16H2,1-2H3,(H,26,29). The van der Waals surface area contributed by atoms with Gasteiger partial charge in [0.1, 0.15) is 0 Å². The number of benzene rings is 1. The van der Waals surface area contributed by atoms with Gasteiger partial charge in [-0.15, -0.1) is 11.3 Å². The summed E-state index contributed by atoms with van der Waals surface area (Å²) < 4.78 is 7.73. The Morgan fingerprint density at radius 2 is 1.94 bits per heavy atom. The number of morpholine rings is 1. The van der Waals surface area contributed by atoms with E-state index < -0.39 is 0 Å². The molecule has 7 heteroatoms. The molecule has 0 spiro atoms. The van der Waals surface area contributed by atoms with Crippen LogP contribution in [-0.4, -0.2) is 48.2 Å². The summed E-state index contributed by atoms with van der Waals surface area (Å²) in [5.74, 6) is -0.0299. The van der Waals surface area contributed by atoms with Crippen molar-refractivity contribution in [2.24, 2.45) is 0 Å². The van der Waals surface area contributed by atoms with Crippen LogP contribution in [0.25, 0.3) is 0 Å². The molecule has 31 heavy (non-hydrogen) atoms. The number of nitrogens with zero attached hydrogens (tertiary/aromatic N) is 2. The lowest BCUT2D eigenvalue weighted by Crippen LogP contribution is -2.43. The quantitative estimate of drug-likeness (QED) is 0.560. The molecule has 3 heterocycles. The maximum absolute atomic E-state index is 13.1. The molecule has 4 rings (SSSR count). The van der Waals surface area contributed by atoms with Crippen LogP contribution in [-0.2, 0) is 11.3 Å². The minimum Gasteiger partial charge on any atom is -0.379 e. The summed E-state index contributed by atoms with van der Waals surface area (Å²) in [7, 11) is 0. The Bertz CT molecular complexity index is 1010. The van der Waals surface area contributed by atoms with E-state index in [1.807, 2.05) is 37.3 Å². The Balaban J connectivity index is 1.49. The summed E-state index contributed by atoms with van der Waals surface area (Å²) in [6.07, 6.45) is 0. The van der Waals surface area contributed by atoms with Crippen LogP contribution >= 0.6 is 22.9 Å². The number of halogens is 1. The van der Waals surface area contributed by atoms with Crippen molar-refractivity contribution in [1.82, 2.24) is 14.8 Å². The van der Waals surface area contributed by atoms with Crippen molar-refractivity contribution in [2.45, 2.75) is 26.4 Å². The predicted octanol–water partition coefficient (Wildman–Crippen LogP) is 4.67. The van der Waals surface area contributed by atoms with Gasteiger partial charge >= 0.3 is 0 Å². The third-order valence-electron chi connectivity index (χ3n) is 5.91. The lowest BCUT2D eigenvalue weighted by molar-refractivity contribution is 0.0162. The lowest BCUT2D eigenvalue weighted by Gasteiger charge is -2.35. The van der Waals surface area contributed by atoms with Crippen molar-refractivity contribution in [3.8, 4) is 0 Å². The molecule has 5 nitrogen and oxygen atoms in total. The first-order valence-corrected chi connectivity index (χ1v) is 11.8. The fraction of sp³-hybridized carbons (Fsp3) is 0.375. The molecule has 1 saturated heterocycles. The minimum atomic E-state index is -0.0299. The van der Waals surface area contributed by atoms with Gasteiger partial charge in [0.15, 0.2) is 0 Å². The van der Waals surface area contributed by atoms with Crippen LogP contribution in [0.2, 0.25) is 5.02 Å². The summed E-state index contributed by atoms with van der Waals surface area (Å²) in [5, 5.41) is 5.98. The average molecular weight is 458 g/mol. The normalized spacial score (nSPS) is 15.7. The molecule has 2 aromatic heterocycles. The summed E-state index contributed by atoms with van der Waals surface area (Å²) in [5.41, 5.74) is 3.98. The number of ether oxygens (including phenoxy) is 1. The van der Waals surface area contributed by atoms with E-state index in [1.54, 1.807) is 11.3 Å². The van der Waals surface area contributed by atoms with Crippen LogP contribution in [0.15, 0.2) is 47.8 Å². The third kappa shape index (κ3) is 5.21. The molecule has 1 fully saturated rings. The predicted molar refractivity (Wildman–Crippen MR) is 126 cm³/mol. The van der Waals surface area contributed by atoms with Crippen molar-refractivity contribution in [1.29, 1.82) is 0 Å². The Morgan fingerprint density at radius 3 is 2.61 bits per heavy atom. The topological polar surface area (TPSA) is 46.5 Å². The number of carbonyl (C=O) groups is 1. The molecule has 1 amide bonds. The van der Waals surface area contributed by atoms with E-state index in [0.29, 0.717) is 24.8 Å². The minimum absolute atomic E-state index is 0.0299. The van der Waals surface area contributed by atoms with Crippen LogP contribution in [0, 0.1) is 13.8 Å². The van der Waals surface area contributed by atoms with E-state index in [1.165, 1.54) is 4.88 Å². The zero-order valence-electron chi connectivity index (χ0n) is 17.9. The molecule has 0 bridgehead atoms. The van der Waals surface area contributed by atoms with E-state index in [9.17, 15) is 4.79 Å². The fourth-order valence-electron chi connectivity index (χ4n) is 4.15. The van der Waals surface area contributed by atoms with Crippen LogP contribution in [0.4, 0.5) is 0 Å². The van der Waals surface area contributed by atoms with Gasteiger partial charge in [-0.05, 0) is 49.1 Å². The Morgan fingerprint density at radius 1 is 1.19 bits per heavy atom. The second kappa shape index (κ2) is 10.0. The van der Waals surface area contributed by atoms with Crippen molar-refractivity contribution in [2.75, 3.05) is 32.8 Å². The SMILES string of the molecule is Cc1cc(C(=O)NCC(c2ccc(Cl)cc2)N2CCOCC2)c(C)n1Cc1cccs1. The van der Waals surface area contributed by atoms with Crippen molar-refractivity contribution in [3.63, 3.8) is 0 Å². The van der Waals surface area contributed by atoms with Gasteiger partial charge in [0, 0.05) is 40.9 Å². The number of carbonyl (C=O) groups excluding carboxylic acids is 1. The molecule has 1 N–H and O–H groups in total. The summed E-state index contributed by atoms with van der Waals surface area (Å²) in [6.45, 7) is 8.52. The number of thiophene rings is 1. The van der Waals surface area contributed by atoms with Gasteiger partial charge in [-0.2, -0.15) is 0 Å². The largest absolute Gasteiger partial charge is 0.379 e. The molecule has 164 valence electrons. The van der Waals surface area contributed by atoms with E-state index in [2.05, 4.69) is 39.2 Å². The number of aromatic nitrogens is 1. The van der Waals surface area contributed by atoms with Crippen molar-refractivity contribution >= 4 is 28.8 Å². The zero-order valence-corrected chi connectivity index (χ0v) is 19.5. The Hall–Kier alpha value is -2.12. The number of hydrogen-bond donors (Lipinski definition) is 1. The molecule has 1 aliphatic heterocycles. The van der Waals surface area contributed by atoms with Gasteiger partial charge < -0.3 is 14.6 Å². The first-order valence-electron chi connectivity index (χ1n) is 10.6. The van der Waals surface area contributed by atoms with E-state index in [0.717, 1.165) is 42.1 Å². The van der Waals surface area contributed by atoms with Gasteiger partial charge in [0.2, 0.25) is 0 Å². The van der Waals surface area contributed by atoms with Crippen LogP contribution in [0.3, 0.4) is 0 Å². The summed E-state index contributed by atoms with van der Waals surface area (Å²) in [6, 6.07) is 14.2. The molecule has 0 aliphatic carbocycles. The molecule has 3 aromatic rings. The first kappa shape index (κ1) is 22.1. The van der Waals surface area contributed by atoms with Crippen molar-refractivity contribution in [3.05, 3.63) is 80.3 Å². The van der Waals surface area contributed by atoms with Gasteiger partial charge in [-0.25, -0.2) is 0 Å². The molecular weight excluding hydrogens is 430 g/mol. The maximum Gasteiger partial charge on any atom is 0.253 e. The maximum atomic E-state index is 13.1. The molecule has 1 aliphatic rings. The summed E-state index contributed by atoms with van der Waals surface area (Å²) >= 11 is 7.82. The van der Waals surface area contributed by atoms with Gasteiger partial charge in [0.05, 0.1) is 31.4 Å². The highest BCUT2D eigenvalue weighted by Gasteiger charge is 2.24. The highest BCUT2D eigenvalue weighted by atomic mass is 35.5. The third-order valence-corrected chi connectivity index (χ3v) is 7.02. The smallest absolute Gasteiger partial charge is 0.253 e. The monoisotopic (exact) mass is 457 g/mol. The molecule has 0 saturated carbocycles. The van der Waals surface area contributed by atoms with Gasteiger partial charge in [-0.3, -0.25) is 9.69 Å². The second-order valence-electron chi connectivity index (χ2n) is 7.88. The Labute approximate surface area is 192 Å². The molecule has 0 radical (unpaired) electrons. The fourth-order valence-corrected chi connectivity index (χ4v) is 4.97. The number of rotatable bonds is 7. The lowest BCUT2D eigenvalue weighted by atomic mass is 10.0. The number of amides is 1. The molecule has 1 atom stereocenters. The first-order chi connectivity index (χ1) is 15.0. The van der Waals surface area contributed by atoms with Crippen molar-refractivity contribution < 1.29 is 9.53 Å². The number of hydrogen-bond acceptors (Lipinski definition) is 4. The van der Waals surface area contributed by atoms with E-state index >= 15 is 0 Å². The van der Waals surface area contributed by atoms with Crippen LogP contribution in [0.5, 0.6) is 0 Å². The van der Waals surface area contributed by atoms with Gasteiger partial charge in [-0.1, -0.05) is 29.8 Å². The highest BCUT2D eigenvalue weighted by molar-refractivity contribution is 7.09. The number of aryl methyl sites for hydroxylation is 1. The zero-order chi connectivity index (χ0) is 21.8. The Kier molecular flexibility index (Phi) is 7.13. The molecule has 1 aromatic carbocycles. The molecular formula is C24H28ClN3O2S. The highest BCUT2D eigenvalue weighted by Crippen LogP contribution is 2.24. The molecule has 1 unspecified atom stereocenters. The number of nitrogens with one attached hydrogen (secondary N) is 1. The van der Waals surface area contributed by atoms with Gasteiger partial charge in [0.25, 0.3) is 5.91 Å². The van der Waals surface area contributed by atoms with E-state index in [4.69, 9.17) is 16.3 Å². The second-order valence-corrected chi connectivity index (χ2v) is 9.34. The average Bonchev–Trinajstić information content (AvgIpc) is 3.39. The van der Waals surface area contributed by atoms with E-state index in [-0.39, 0.29) is 11.9 Å².